The summed E-state index contributed by atoms with van der Waals surface area (Å²) in [6, 6.07) is 14.1. The van der Waals surface area contributed by atoms with Crippen molar-refractivity contribution >= 4 is 17.5 Å². The Morgan fingerprint density at radius 3 is 2.39 bits per heavy atom. The molecule has 0 heterocycles. The SMILES string of the molecule is CCCCNC(=O)c1ccccc1NC(=O)c1ccc(OCCC(C)C)cc1. The molecule has 0 unspecified atom stereocenters. The second kappa shape index (κ2) is 11.1. The molecule has 0 fully saturated rings. The Bertz CT molecular complexity index is 770. The standard InChI is InChI=1S/C23H30N2O3/c1-4-5-15-24-23(27)20-8-6-7-9-21(20)25-22(26)18-10-12-19(13-11-18)28-16-14-17(2)3/h6-13,17H,4-5,14-16H2,1-3H3,(H,24,27)(H,25,26). The molecule has 2 N–H and O–H groups in total. The van der Waals surface area contributed by atoms with E-state index in [2.05, 4.69) is 31.4 Å². The second-order valence-electron chi connectivity index (χ2n) is 7.16. The van der Waals surface area contributed by atoms with E-state index >= 15 is 0 Å². The molecule has 0 saturated heterocycles. The van der Waals surface area contributed by atoms with Crippen LogP contribution in [0.15, 0.2) is 48.5 Å². The van der Waals surface area contributed by atoms with Gasteiger partial charge >= 0.3 is 0 Å². The Morgan fingerprint density at radius 2 is 1.71 bits per heavy atom. The minimum absolute atomic E-state index is 0.182. The molecule has 5 nitrogen and oxygen atoms in total. The predicted molar refractivity (Wildman–Crippen MR) is 113 cm³/mol. The number of unbranched alkanes of at least 4 members (excludes halogenated alkanes) is 1. The van der Waals surface area contributed by atoms with Gasteiger partial charge in [0, 0.05) is 12.1 Å². The highest BCUT2D eigenvalue weighted by Crippen LogP contribution is 2.18. The largest absolute Gasteiger partial charge is 0.494 e. The van der Waals surface area contributed by atoms with E-state index in [-0.39, 0.29) is 11.8 Å². The molecule has 5 heteroatoms. The van der Waals surface area contributed by atoms with Crippen LogP contribution in [0.4, 0.5) is 5.69 Å². The molecule has 2 aromatic rings. The van der Waals surface area contributed by atoms with Gasteiger partial charge in [-0.05, 0) is 55.2 Å². The summed E-state index contributed by atoms with van der Waals surface area (Å²) >= 11 is 0. The molecule has 0 aromatic heterocycles. The number of amides is 2. The van der Waals surface area contributed by atoms with E-state index in [1.165, 1.54) is 0 Å². The summed E-state index contributed by atoms with van der Waals surface area (Å²) < 4.78 is 5.68. The van der Waals surface area contributed by atoms with Crippen molar-refractivity contribution in [3.05, 3.63) is 59.7 Å². The first-order chi connectivity index (χ1) is 13.5. The zero-order valence-electron chi connectivity index (χ0n) is 17.0. The van der Waals surface area contributed by atoms with Gasteiger partial charge in [-0.3, -0.25) is 9.59 Å². The molecule has 0 aliphatic carbocycles. The molecular formula is C23H30N2O3. The molecule has 28 heavy (non-hydrogen) atoms. The van der Waals surface area contributed by atoms with Crippen molar-refractivity contribution in [3.63, 3.8) is 0 Å². The lowest BCUT2D eigenvalue weighted by Crippen LogP contribution is -2.26. The third kappa shape index (κ3) is 6.72. The number of nitrogens with one attached hydrogen (secondary N) is 2. The van der Waals surface area contributed by atoms with Crippen LogP contribution in [0.25, 0.3) is 0 Å². The van der Waals surface area contributed by atoms with Gasteiger partial charge in [-0.15, -0.1) is 0 Å². The molecule has 0 bridgehead atoms. The highest BCUT2D eigenvalue weighted by atomic mass is 16.5. The highest BCUT2D eigenvalue weighted by molar-refractivity contribution is 6.09. The van der Waals surface area contributed by atoms with E-state index in [9.17, 15) is 9.59 Å². The maximum Gasteiger partial charge on any atom is 0.255 e. The van der Waals surface area contributed by atoms with Crippen molar-refractivity contribution in [1.29, 1.82) is 0 Å². The average Bonchev–Trinajstić information content (AvgIpc) is 2.68. The van der Waals surface area contributed by atoms with Gasteiger partial charge in [0.15, 0.2) is 0 Å². The summed E-state index contributed by atoms with van der Waals surface area (Å²) in [5.41, 5.74) is 1.47. The molecule has 0 aliphatic heterocycles. The summed E-state index contributed by atoms with van der Waals surface area (Å²) in [6.07, 6.45) is 2.92. The third-order valence-electron chi connectivity index (χ3n) is 4.32. The minimum Gasteiger partial charge on any atom is -0.494 e. The number of carbonyl (C=O) groups is 2. The van der Waals surface area contributed by atoms with Gasteiger partial charge in [0.05, 0.1) is 17.9 Å². The van der Waals surface area contributed by atoms with Crippen molar-refractivity contribution < 1.29 is 14.3 Å². The zero-order valence-corrected chi connectivity index (χ0v) is 17.0. The van der Waals surface area contributed by atoms with Crippen molar-refractivity contribution in [3.8, 4) is 5.75 Å². The second-order valence-corrected chi connectivity index (χ2v) is 7.16. The van der Waals surface area contributed by atoms with Gasteiger partial charge in [0.2, 0.25) is 0 Å². The monoisotopic (exact) mass is 382 g/mol. The van der Waals surface area contributed by atoms with E-state index in [0.717, 1.165) is 25.0 Å². The number of hydrogen-bond donors (Lipinski definition) is 2. The third-order valence-corrected chi connectivity index (χ3v) is 4.32. The maximum atomic E-state index is 12.6. The summed E-state index contributed by atoms with van der Waals surface area (Å²) in [5, 5.41) is 5.72. The van der Waals surface area contributed by atoms with Crippen LogP contribution in [0.2, 0.25) is 0 Å². The summed E-state index contributed by atoms with van der Waals surface area (Å²) in [5.74, 6) is 0.887. The molecule has 2 amide bonds. The Balaban J connectivity index is 2.00. The molecular weight excluding hydrogens is 352 g/mol. The Hall–Kier alpha value is -2.82. The number of para-hydroxylation sites is 1. The molecule has 150 valence electrons. The van der Waals surface area contributed by atoms with Crippen LogP contribution >= 0.6 is 0 Å². The first-order valence-electron chi connectivity index (χ1n) is 9.92. The van der Waals surface area contributed by atoms with E-state index in [0.29, 0.717) is 35.9 Å². The highest BCUT2D eigenvalue weighted by Gasteiger charge is 2.14. The molecule has 0 aliphatic rings. The van der Waals surface area contributed by atoms with Crippen LogP contribution in [0, 0.1) is 5.92 Å². The Labute approximate surface area is 167 Å². The van der Waals surface area contributed by atoms with E-state index in [1.807, 2.05) is 0 Å². The molecule has 0 saturated carbocycles. The predicted octanol–water partition coefficient (Wildman–Crippen LogP) is 4.89. The Morgan fingerprint density at radius 1 is 1.00 bits per heavy atom. The first-order valence-corrected chi connectivity index (χ1v) is 9.92. The zero-order chi connectivity index (χ0) is 20.4. The number of hydrogen-bond acceptors (Lipinski definition) is 3. The fraction of sp³-hybridized carbons (Fsp3) is 0.391. The topological polar surface area (TPSA) is 67.4 Å². The van der Waals surface area contributed by atoms with Gasteiger partial charge in [-0.2, -0.15) is 0 Å². The number of benzene rings is 2. The van der Waals surface area contributed by atoms with Crippen molar-refractivity contribution in [1.82, 2.24) is 5.32 Å². The summed E-state index contributed by atoms with van der Waals surface area (Å²) in [7, 11) is 0. The lowest BCUT2D eigenvalue weighted by molar-refractivity contribution is 0.0954. The lowest BCUT2D eigenvalue weighted by atomic mass is 10.1. The van der Waals surface area contributed by atoms with Gasteiger partial charge in [-0.1, -0.05) is 39.3 Å². The van der Waals surface area contributed by atoms with Crippen molar-refractivity contribution in [2.75, 3.05) is 18.5 Å². The van der Waals surface area contributed by atoms with Gasteiger partial charge in [0.1, 0.15) is 5.75 Å². The van der Waals surface area contributed by atoms with Crippen LogP contribution in [-0.2, 0) is 0 Å². The van der Waals surface area contributed by atoms with Crippen LogP contribution in [0.1, 0.15) is 60.7 Å². The van der Waals surface area contributed by atoms with Crippen LogP contribution in [0.3, 0.4) is 0 Å². The number of rotatable bonds is 10. The van der Waals surface area contributed by atoms with Crippen LogP contribution in [0.5, 0.6) is 5.75 Å². The normalized spacial score (nSPS) is 10.6. The van der Waals surface area contributed by atoms with Crippen molar-refractivity contribution in [2.24, 2.45) is 5.92 Å². The smallest absolute Gasteiger partial charge is 0.255 e. The molecule has 0 radical (unpaired) electrons. The number of ether oxygens (including phenoxy) is 1. The van der Waals surface area contributed by atoms with Gasteiger partial charge in [0.25, 0.3) is 11.8 Å². The molecule has 0 spiro atoms. The van der Waals surface area contributed by atoms with Crippen LogP contribution in [-0.4, -0.2) is 25.0 Å². The minimum atomic E-state index is -0.262. The van der Waals surface area contributed by atoms with E-state index in [1.54, 1.807) is 48.5 Å². The summed E-state index contributed by atoms with van der Waals surface area (Å²) in [4.78, 5) is 25.0. The van der Waals surface area contributed by atoms with Crippen LogP contribution < -0.4 is 15.4 Å². The number of carbonyl (C=O) groups excluding carboxylic acids is 2. The Kier molecular flexibility index (Phi) is 8.53. The molecule has 0 atom stereocenters. The fourth-order valence-corrected chi connectivity index (χ4v) is 2.57. The van der Waals surface area contributed by atoms with E-state index in [4.69, 9.17) is 4.74 Å². The van der Waals surface area contributed by atoms with E-state index < -0.39 is 0 Å². The first kappa shape index (κ1) is 21.5. The quantitative estimate of drug-likeness (QED) is 0.575. The number of anilines is 1. The molecule has 2 aromatic carbocycles. The fourth-order valence-electron chi connectivity index (χ4n) is 2.57. The lowest BCUT2D eigenvalue weighted by Gasteiger charge is -2.12. The maximum absolute atomic E-state index is 12.6. The van der Waals surface area contributed by atoms with Crippen molar-refractivity contribution in [2.45, 2.75) is 40.0 Å². The summed E-state index contributed by atoms with van der Waals surface area (Å²) in [6.45, 7) is 7.65. The van der Waals surface area contributed by atoms with Gasteiger partial charge < -0.3 is 15.4 Å². The average molecular weight is 383 g/mol. The van der Waals surface area contributed by atoms with Gasteiger partial charge in [-0.25, -0.2) is 0 Å². The molecule has 2 rings (SSSR count).